The number of carbonyl (C=O) groups excluding carboxylic acids is 2. The van der Waals surface area contributed by atoms with Gasteiger partial charge in [-0.25, -0.2) is 4.79 Å². The van der Waals surface area contributed by atoms with Gasteiger partial charge < -0.3 is 9.64 Å². The molecule has 4 heteroatoms. The maximum atomic E-state index is 12.5. The molecule has 0 radical (unpaired) electrons. The third-order valence-electron chi connectivity index (χ3n) is 4.74. The molecule has 4 nitrogen and oxygen atoms in total. The summed E-state index contributed by atoms with van der Waals surface area (Å²) in [7, 11) is 1.39. The molecule has 0 saturated carbocycles. The molecule has 132 valence electrons. The van der Waals surface area contributed by atoms with E-state index in [2.05, 4.69) is 45.0 Å². The number of hydrogen-bond donors (Lipinski definition) is 0. The Labute approximate surface area is 145 Å². The minimum absolute atomic E-state index is 0.0463. The number of hydrogen-bond acceptors (Lipinski definition) is 3. The number of carbonyl (C=O) groups is 2. The van der Waals surface area contributed by atoms with Crippen LogP contribution in [0.2, 0.25) is 0 Å². The summed E-state index contributed by atoms with van der Waals surface area (Å²) >= 11 is 0. The highest BCUT2D eigenvalue weighted by atomic mass is 16.5. The first kappa shape index (κ1) is 18.5. The van der Waals surface area contributed by atoms with Crippen molar-refractivity contribution in [1.29, 1.82) is 0 Å². The molecule has 1 aliphatic rings. The number of rotatable bonds is 4. The fourth-order valence-corrected chi connectivity index (χ4v) is 3.18. The Morgan fingerprint density at radius 2 is 1.83 bits per heavy atom. The van der Waals surface area contributed by atoms with Crippen molar-refractivity contribution in [3.8, 4) is 0 Å². The first-order chi connectivity index (χ1) is 11.3. The number of methoxy groups -OCH3 is 1. The van der Waals surface area contributed by atoms with Crippen LogP contribution >= 0.6 is 0 Å². The maximum absolute atomic E-state index is 12.5. The Morgan fingerprint density at radius 3 is 2.42 bits per heavy atom. The summed E-state index contributed by atoms with van der Waals surface area (Å²) in [6.45, 7) is 7.22. The number of ether oxygens (including phenoxy) is 1. The molecular weight excluding hydrogens is 302 g/mol. The molecular formula is C20H29NO3. The van der Waals surface area contributed by atoms with Crippen molar-refractivity contribution < 1.29 is 14.3 Å². The van der Waals surface area contributed by atoms with Crippen molar-refractivity contribution in [3.63, 3.8) is 0 Å². The van der Waals surface area contributed by atoms with Gasteiger partial charge in [0.05, 0.1) is 7.11 Å². The number of piperidine rings is 1. The van der Waals surface area contributed by atoms with Crippen LogP contribution in [-0.4, -0.2) is 36.5 Å². The van der Waals surface area contributed by atoms with Gasteiger partial charge in [-0.05, 0) is 42.2 Å². The number of aryl methyl sites for hydroxylation is 1. The molecule has 1 aromatic rings. The Kier molecular flexibility index (Phi) is 6.03. The molecule has 1 saturated heterocycles. The third-order valence-corrected chi connectivity index (χ3v) is 4.74. The van der Waals surface area contributed by atoms with Gasteiger partial charge in [-0.1, -0.05) is 45.0 Å². The van der Waals surface area contributed by atoms with Gasteiger partial charge >= 0.3 is 5.97 Å². The normalized spacial score (nSPS) is 18.3. The molecule has 1 unspecified atom stereocenters. The van der Waals surface area contributed by atoms with Gasteiger partial charge in [0, 0.05) is 13.0 Å². The lowest BCUT2D eigenvalue weighted by atomic mass is 9.86. The van der Waals surface area contributed by atoms with Crippen LogP contribution in [0.1, 0.15) is 57.6 Å². The average molecular weight is 331 g/mol. The lowest BCUT2D eigenvalue weighted by Crippen LogP contribution is -2.48. The summed E-state index contributed by atoms with van der Waals surface area (Å²) in [6, 6.07) is 8.07. The minimum Gasteiger partial charge on any atom is -0.467 e. The van der Waals surface area contributed by atoms with E-state index in [-0.39, 0.29) is 17.3 Å². The largest absolute Gasteiger partial charge is 0.467 e. The van der Waals surface area contributed by atoms with Crippen LogP contribution in [0.4, 0.5) is 0 Å². The summed E-state index contributed by atoms with van der Waals surface area (Å²) in [5.74, 6) is -0.248. The number of likely N-dealkylation sites (tertiary alicyclic amines) is 1. The van der Waals surface area contributed by atoms with Crippen molar-refractivity contribution in [2.45, 2.75) is 64.3 Å². The molecule has 1 amide bonds. The Bertz CT molecular complexity index is 572. The van der Waals surface area contributed by atoms with E-state index in [1.807, 2.05) is 0 Å². The second-order valence-electron chi connectivity index (χ2n) is 7.57. The van der Waals surface area contributed by atoms with Crippen LogP contribution in [0.5, 0.6) is 0 Å². The predicted octanol–water partition coefficient (Wildman–Crippen LogP) is 3.47. The van der Waals surface area contributed by atoms with Gasteiger partial charge in [0.25, 0.3) is 0 Å². The van der Waals surface area contributed by atoms with Crippen LogP contribution in [-0.2, 0) is 26.2 Å². The number of benzene rings is 1. The Morgan fingerprint density at radius 1 is 1.17 bits per heavy atom. The summed E-state index contributed by atoms with van der Waals surface area (Å²) in [5, 5.41) is 0. The highest BCUT2D eigenvalue weighted by molar-refractivity contribution is 5.84. The van der Waals surface area contributed by atoms with Gasteiger partial charge in [0.1, 0.15) is 6.04 Å². The zero-order valence-corrected chi connectivity index (χ0v) is 15.3. The van der Waals surface area contributed by atoms with Crippen LogP contribution in [0.25, 0.3) is 0 Å². The van der Waals surface area contributed by atoms with Gasteiger partial charge in [-0.3, -0.25) is 4.79 Å². The van der Waals surface area contributed by atoms with Gasteiger partial charge in [0.15, 0.2) is 0 Å². The van der Waals surface area contributed by atoms with Crippen LogP contribution in [0.15, 0.2) is 24.3 Å². The fourth-order valence-electron chi connectivity index (χ4n) is 3.18. The lowest BCUT2D eigenvalue weighted by molar-refractivity contribution is -0.154. The van der Waals surface area contributed by atoms with E-state index in [9.17, 15) is 9.59 Å². The molecule has 0 N–H and O–H groups in total. The number of esters is 1. The van der Waals surface area contributed by atoms with E-state index in [0.717, 1.165) is 18.4 Å². The van der Waals surface area contributed by atoms with E-state index in [1.54, 1.807) is 4.90 Å². The van der Waals surface area contributed by atoms with Crippen molar-refractivity contribution in [1.82, 2.24) is 4.90 Å². The lowest BCUT2D eigenvalue weighted by Gasteiger charge is -2.33. The first-order valence-corrected chi connectivity index (χ1v) is 8.79. The van der Waals surface area contributed by atoms with E-state index < -0.39 is 6.04 Å². The molecule has 1 aromatic carbocycles. The highest BCUT2D eigenvalue weighted by Crippen LogP contribution is 2.23. The zero-order chi connectivity index (χ0) is 17.7. The van der Waals surface area contributed by atoms with Gasteiger partial charge in [-0.15, -0.1) is 0 Å². The molecule has 0 spiro atoms. The number of nitrogens with zero attached hydrogens (tertiary/aromatic N) is 1. The fraction of sp³-hybridized carbons (Fsp3) is 0.600. The molecule has 0 aliphatic carbocycles. The van der Waals surface area contributed by atoms with E-state index in [1.165, 1.54) is 12.7 Å². The standard InChI is InChI=1S/C20H29NO3/c1-20(2,3)16-11-8-15(9-12-16)10-13-18(22)21-14-6-5-7-17(21)19(23)24-4/h8-9,11-12,17H,5-7,10,13-14H2,1-4H3. The molecule has 24 heavy (non-hydrogen) atoms. The van der Waals surface area contributed by atoms with E-state index in [4.69, 9.17) is 4.74 Å². The summed E-state index contributed by atoms with van der Waals surface area (Å²) in [5.41, 5.74) is 2.58. The Hall–Kier alpha value is -1.84. The average Bonchev–Trinajstić information content (AvgIpc) is 2.58. The second kappa shape index (κ2) is 7.82. The molecule has 0 bridgehead atoms. The van der Waals surface area contributed by atoms with Crippen molar-refractivity contribution in [2.75, 3.05) is 13.7 Å². The smallest absolute Gasteiger partial charge is 0.328 e. The summed E-state index contributed by atoms with van der Waals surface area (Å²) in [6.07, 6.45) is 3.77. The van der Waals surface area contributed by atoms with Crippen LogP contribution in [0.3, 0.4) is 0 Å². The monoisotopic (exact) mass is 331 g/mol. The quantitative estimate of drug-likeness (QED) is 0.794. The number of amides is 1. The van der Waals surface area contributed by atoms with Gasteiger partial charge in [0.2, 0.25) is 5.91 Å². The maximum Gasteiger partial charge on any atom is 0.328 e. The molecule has 1 atom stereocenters. The summed E-state index contributed by atoms with van der Waals surface area (Å²) < 4.78 is 4.85. The van der Waals surface area contributed by atoms with Gasteiger partial charge in [-0.2, -0.15) is 0 Å². The molecule has 1 heterocycles. The molecule has 1 aliphatic heterocycles. The first-order valence-electron chi connectivity index (χ1n) is 8.79. The minimum atomic E-state index is -0.403. The Balaban J connectivity index is 1.95. The molecule has 1 fully saturated rings. The molecule has 2 rings (SSSR count). The zero-order valence-electron chi connectivity index (χ0n) is 15.3. The highest BCUT2D eigenvalue weighted by Gasteiger charge is 2.32. The van der Waals surface area contributed by atoms with Crippen molar-refractivity contribution in [3.05, 3.63) is 35.4 Å². The van der Waals surface area contributed by atoms with Crippen LogP contribution in [0, 0.1) is 0 Å². The predicted molar refractivity (Wildman–Crippen MR) is 94.8 cm³/mol. The SMILES string of the molecule is COC(=O)C1CCCCN1C(=O)CCc1ccc(C(C)(C)C)cc1. The third kappa shape index (κ3) is 4.59. The van der Waals surface area contributed by atoms with E-state index >= 15 is 0 Å². The summed E-state index contributed by atoms with van der Waals surface area (Å²) in [4.78, 5) is 26.1. The molecule has 0 aromatic heterocycles. The second-order valence-corrected chi connectivity index (χ2v) is 7.57. The van der Waals surface area contributed by atoms with Crippen molar-refractivity contribution >= 4 is 11.9 Å². The van der Waals surface area contributed by atoms with Crippen molar-refractivity contribution in [2.24, 2.45) is 0 Å². The topological polar surface area (TPSA) is 46.6 Å². The van der Waals surface area contributed by atoms with E-state index in [0.29, 0.717) is 25.8 Å². The van der Waals surface area contributed by atoms with Crippen LogP contribution < -0.4 is 0 Å².